The number of aliphatic hydroxyl groups excluding tert-OH is 1. The molecule has 0 aromatic heterocycles. The lowest BCUT2D eigenvalue weighted by Gasteiger charge is -2.05. The smallest absolute Gasteiger partial charge is 0.245 e. The highest BCUT2D eigenvalue weighted by Gasteiger charge is 1.99. The minimum atomic E-state index is -1.94. The van der Waals surface area contributed by atoms with Gasteiger partial charge in [0.1, 0.15) is 0 Å². The Kier molecular flexibility index (Phi) is 5.13. The first-order chi connectivity index (χ1) is 4.16. The summed E-state index contributed by atoms with van der Waals surface area (Å²) in [6.45, 7) is 0.120. The van der Waals surface area contributed by atoms with Gasteiger partial charge in [-0.2, -0.15) is 5.09 Å². The average Bonchev–Trinajstić information content (AvgIpc) is 1.63. The van der Waals surface area contributed by atoms with E-state index >= 15 is 0 Å². The summed E-state index contributed by atoms with van der Waals surface area (Å²) in [6, 6.07) is 0. The predicted octanol–water partition coefficient (Wildman–Crippen LogP) is 0.0927. The minimum Gasteiger partial charge on any atom is -0.355 e. The SMILES string of the molecule is CCOC(O)NP(=O)=S. The molecule has 0 radical (unpaired) electrons. The summed E-state index contributed by atoms with van der Waals surface area (Å²) in [7, 11) is 0. The monoisotopic (exact) mass is 169 g/mol. The average molecular weight is 169 g/mol. The maximum atomic E-state index is 10.1. The third-order valence-corrected chi connectivity index (χ3v) is 1.29. The molecule has 0 saturated heterocycles. The van der Waals surface area contributed by atoms with Gasteiger partial charge in [-0.25, -0.2) is 0 Å². The molecule has 0 amide bonds. The van der Waals surface area contributed by atoms with Crippen molar-refractivity contribution in [3.63, 3.8) is 0 Å². The first-order valence-corrected chi connectivity index (χ1v) is 4.64. The van der Waals surface area contributed by atoms with Crippen LogP contribution in [0.25, 0.3) is 0 Å². The molecule has 0 fully saturated rings. The summed E-state index contributed by atoms with van der Waals surface area (Å²) in [5.74, 6) is 0. The molecule has 2 unspecified atom stereocenters. The lowest BCUT2D eigenvalue weighted by atomic mass is 10.9. The van der Waals surface area contributed by atoms with Crippen molar-refractivity contribution in [2.24, 2.45) is 0 Å². The van der Waals surface area contributed by atoms with Crippen LogP contribution in [0.2, 0.25) is 0 Å². The largest absolute Gasteiger partial charge is 0.355 e. The maximum Gasteiger partial charge on any atom is 0.245 e. The van der Waals surface area contributed by atoms with Crippen LogP contribution in [0, 0.1) is 0 Å². The fraction of sp³-hybridized carbons (Fsp3) is 1.00. The van der Waals surface area contributed by atoms with E-state index in [4.69, 9.17) is 5.11 Å². The third-order valence-electron chi connectivity index (χ3n) is 0.540. The fourth-order valence-electron chi connectivity index (χ4n) is 0.285. The van der Waals surface area contributed by atoms with E-state index in [-0.39, 0.29) is 0 Å². The summed E-state index contributed by atoms with van der Waals surface area (Å²) < 4.78 is 14.7. The van der Waals surface area contributed by atoms with Gasteiger partial charge in [0, 0.05) is 6.61 Å². The van der Waals surface area contributed by atoms with Crippen molar-refractivity contribution in [2.75, 3.05) is 6.61 Å². The van der Waals surface area contributed by atoms with E-state index in [0.717, 1.165) is 0 Å². The molecule has 0 aliphatic heterocycles. The van der Waals surface area contributed by atoms with Gasteiger partial charge in [0.15, 0.2) is 0 Å². The Bertz CT molecular complexity index is 129. The molecule has 54 valence electrons. The Balaban J connectivity index is 3.37. The summed E-state index contributed by atoms with van der Waals surface area (Å²) in [6.07, 6.45) is -1.20. The second kappa shape index (κ2) is 5.02. The van der Waals surface area contributed by atoms with Gasteiger partial charge in [0.25, 0.3) is 0 Å². The highest BCUT2D eigenvalue weighted by atomic mass is 32.4. The van der Waals surface area contributed by atoms with Crippen molar-refractivity contribution >= 4 is 18.5 Å². The van der Waals surface area contributed by atoms with E-state index in [2.05, 4.69) is 21.6 Å². The number of hydrogen-bond donors (Lipinski definition) is 2. The van der Waals surface area contributed by atoms with Gasteiger partial charge in [0.05, 0.1) is 0 Å². The zero-order valence-electron chi connectivity index (χ0n) is 4.90. The number of hydrogen-bond acceptors (Lipinski definition) is 4. The minimum absolute atomic E-state index is 0.354. The molecular formula is C3H8NO3PS. The zero-order chi connectivity index (χ0) is 7.28. The van der Waals surface area contributed by atoms with Gasteiger partial charge < -0.3 is 9.84 Å². The van der Waals surface area contributed by atoms with Gasteiger partial charge in [-0.15, -0.1) is 0 Å². The number of aliphatic hydroxyl groups is 1. The van der Waals surface area contributed by atoms with Gasteiger partial charge in [-0.3, -0.25) is 4.57 Å². The first-order valence-electron chi connectivity index (χ1n) is 2.37. The molecule has 9 heavy (non-hydrogen) atoms. The Labute approximate surface area is 58.7 Å². The van der Waals surface area contributed by atoms with Crippen molar-refractivity contribution in [1.29, 1.82) is 0 Å². The van der Waals surface area contributed by atoms with Gasteiger partial charge in [-0.05, 0) is 18.7 Å². The standard InChI is InChI=1S/C3H8NO3PS/c1-2-7-3(5)4-8(6)9/h3,5H,2H2,1H3,(H,4,6,9). The van der Waals surface area contributed by atoms with Crippen LogP contribution in [0.5, 0.6) is 0 Å². The van der Waals surface area contributed by atoms with Crippen LogP contribution >= 0.6 is 6.73 Å². The number of rotatable bonds is 4. The predicted molar refractivity (Wildman–Crippen MR) is 35.7 cm³/mol. The van der Waals surface area contributed by atoms with Crippen molar-refractivity contribution in [2.45, 2.75) is 13.3 Å². The molecule has 0 aliphatic rings. The molecule has 0 spiro atoms. The van der Waals surface area contributed by atoms with Crippen LogP contribution in [-0.4, -0.2) is 18.1 Å². The summed E-state index contributed by atoms with van der Waals surface area (Å²) >= 11 is 4.23. The zero-order valence-corrected chi connectivity index (χ0v) is 6.61. The molecular weight excluding hydrogens is 161 g/mol. The molecule has 4 nitrogen and oxygen atoms in total. The van der Waals surface area contributed by atoms with E-state index in [1.807, 2.05) is 0 Å². The number of ether oxygens (including phenoxy) is 1. The van der Waals surface area contributed by atoms with Crippen LogP contribution in [0.4, 0.5) is 0 Å². The van der Waals surface area contributed by atoms with Gasteiger partial charge in [-0.1, -0.05) is 0 Å². The molecule has 0 aliphatic carbocycles. The van der Waals surface area contributed by atoms with Crippen molar-refractivity contribution in [3.05, 3.63) is 0 Å². The summed E-state index contributed by atoms with van der Waals surface area (Å²) in [4.78, 5) is 0. The fourth-order valence-corrected chi connectivity index (χ4v) is 0.811. The van der Waals surface area contributed by atoms with Crippen LogP contribution in [0.15, 0.2) is 0 Å². The Morgan fingerprint density at radius 1 is 2.00 bits per heavy atom. The highest BCUT2D eigenvalue weighted by molar-refractivity contribution is 7.98. The van der Waals surface area contributed by atoms with Gasteiger partial charge >= 0.3 is 0 Å². The molecule has 0 aromatic carbocycles. The molecule has 6 heteroatoms. The van der Waals surface area contributed by atoms with Crippen LogP contribution in [-0.2, 0) is 21.1 Å². The molecule has 2 atom stereocenters. The summed E-state index contributed by atoms with van der Waals surface area (Å²) in [5, 5.41) is 10.7. The lowest BCUT2D eigenvalue weighted by Crippen LogP contribution is -2.24. The van der Waals surface area contributed by atoms with Crippen LogP contribution < -0.4 is 5.09 Å². The van der Waals surface area contributed by atoms with E-state index in [1.165, 1.54) is 0 Å². The Morgan fingerprint density at radius 3 is 2.89 bits per heavy atom. The van der Waals surface area contributed by atoms with E-state index < -0.39 is 13.1 Å². The topological polar surface area (TPSA) is 58.6 Å². The number of nitrogens with one attached hydrogen (secondary N) is 1. The van der Waals surface area contributed by atoms with Crippen LogP contribution in [0.3, 0.4) is 0 Å². The molecule has 0 rings (SSSR count). The molecule has 0 heterocycles. The quantitative estimate of drug-likeness (QED) is 0.461. The first kappa shape index (κ1) is 9.20. The normalized spacial score (nSPS) is 15.1. The highest BCUT2D eigenvalue weighted by Crippen LogP contribution is 1.96. The van der Waals surface area contributed by atoms with E-state index in [9.17, 15) is 4.57 Å². The summed E-state index contributed by atoms with van der Waals surface area (Å²) in [5.41, 5.74) is 0. The van der Waals surface area contributed by atoms with Gasteiger partial charge in [0.2, 0.25) is 13.1 Å². The van der Waals surface area contributed by atoms with Crippen molar-refractivity contribution in [1.82, 2.24) is 5.09 Å². The maximum absolute atomic E-state index is 10.1. The van der Waals surface area contributed by atoms with Crippen LogP contribution in [0.1, 0.15) is 6.92 Å². The van der Waals surface area contributed by atoms with Crippen molar-refractivity contribution < 1.29 is 14.4 Å². The van der Waals surface area contributed by atoms with E-state index in [0.29, 0.717) is 6.61 Å². The second-order valence-corrected chi connectivity index (χ2v) is 2.96. The molecule has 0 saturated carbocycles. The third kappa shape index (κ3) is 6.08. The molecule has 0 bridgehead atoms. The molecule has 2 N–H and O–H groups in total. The van der Waals surface area contributed by atoms with Crippen molar-refractivity contribution in [3.8, 4) is 0 Å². The second-order valence-electron chi connectivity index (χ2n) is 1.19. The Morgan fingerprint density at radius 2 is 2.56 bits per heavy atom. The van der Waals surface area contributed by atoms with E-state index in [1.54, 1.807) is 6.92 Å². The lowest BCUT2D eigenvalue weighted by molar-refractivity contribution is -0.100. The Hall–Kier alpha value is 0.200. The molecule has 0 aromatic rings.